The van der Waals surface area contributed by atoms with E-state index in [2.05, 4.69) is 14.9 Å². The first-order chi connectivity index (χ1) is 11.3. The molecular weight excluding hydrogens is 292 g/mol. The fourth-order valence-corrected chi connectivity index (χ4v) is 3.57. The highest BCUT2D eigenvalue weighted by Crippen LogP contribution is 2.18. The van der Waals surface area contributed by atoms with Gasteiger partial charge in [-0.3, -0.25) is 9.69 Å². The summed E-state index contributed by atoms with van der Waals surface area (Å²) in [6.07, 6.45) is 3.80. The molecule has 1 unspecified atom stereocenters. The number of ether oxygens (including phenoxy) is 1. The molecule has 122 valence electrons. The predicted octanol–water partition coefficient (Wildman–Crippen LogP) is 1.50. The lowest BCUT2D eigenvalue weighted by atomic mass is 10.1. The number of aromatic amines is 1. The summed E-state index contributed by atoms with van der Waals surface area (Å²) in [5, 5.41) is 0. The molecule has 1 aromatic heterocycles. The van der Waals surface area contributed by atoms with Gasteiger partial charge in [0.15, 0.2) is 0 Å². The maximum Gasteiger partial charge on any atom is 0.253 e. The molecule has 6 heteroatoms. The Hall–Kier alpha value is -1.92. The van der Waals surface area contributed by atoms with Gasteiger partial charge >= 0.3 is 0 Å². The molecular formula is C17H22N4O2. The van der Waals surface area contributed by atoms with Gasteiger partial charge in [-0.15, -0.1) is 0 Å². The zero-order valence-electron chi connectivity index (χ0n) is 13.2. The number of H-pyrrole nitrogens is 1. The Bertz CT molecular complexity index is 693. The van der Waals surface area contributed by atoms with E-state index in [-0.39, 0.29) is 5.91 Å². The molecule has 2 saturated heterocycles. The molecule has 6 nitrogen and oxygen atoms in total. The van der Waals surface area contributed by atoms with Crippen molar-refractivity contribution in [3.63, 3.8) is 0 Å². The molecule has 1 N–H and O–H groups in total. The topological polar surface area (TPSA) is 61.5 Å². The fraction of sp³-hybridized carbons (Fsp3) is 0.529. The summed E-state index contributed by atoms with van der Waals surface area (Å²) in [6.45, 7) is 5.31. The van der Waals surface area contributed by atoms with E-state index >= 15 is 0 Å². The minimum Gasteiger partial charge on any atom is -0.380 e. The van der Waals surface area contributed by atoms with Crippen LogP contribution in [-0.4, -0.2) is 71.1 Å². The van der Waals surface area contributed by atoms with Crippen LogP contribution in [0.3, 0.4) is 0 Å². The lowest BCUT2D eigenvalue weighted by Crippen LogP contribution is -2.39. The fourth-order valence-electron chi connectivity index (χ4n) is 3.57. The number of hydrogen-bond acceptors (Lipinski definition) is 4. The maximum atomic E-state index is 12.8. The van der Waals surface area contributed by atoms with Crippen LogP contribution in [0.2, 0.25) is 0 Å². The van der Waals surface area contributed by atoms with E-state index in [4.69, 9.17) is 4.74 Å². The van der Waals surface area contributed by atoms with Crippen LogP contribution in [0, 0.1) is 0 Å². The predicted molar refractivity (Wildman–Crippen MR) is 87.4 cm³/mol. The summed E-state index contributed by atoms with van der Waals surface area (Å²) >= 11 is 0. The van der Waals surface area contributed by atoms with E-state index in [1.165, 1.54) is 0 Å². The number of nitrogens with one attached hydrogen (secondary N) is 1. The molecule has 2 aromatic rings. The van der Waals surface area contributed by atoms with E-state index in [0.29, 0.717) is 6.04 Å². The first-order valence-corrected chi connectivity index (χ1v) is 8.35. The molecule has 2 aliphatic heterocycles. The number of amides is 1. The van der Waals surface area contributed by atoms with E-state index in [9.17, 15) is 4.79 Å². The number of imidazole rings is 1. The van der Waals surface area contributed by atoms with Crippen molar-refractivity contribution < 1.29 is 9.53 Å². The van der Waals surface area contributed by atoms with Crippen LogP contribution in [0.5, 0.6) is 0 Å². The van der Waals surface area contributed by atoms with E-state index < -0.39 is 0 Å². The summed E-state index contributed by atoms with van der Waals surface area (Å²) in [6, 6.07) is 6.21. The minimum atomic E-state index is 0.117. The molecule has 4 rings (SSSR count). The SMILES string of the molecule is O=C(c1ccc2nc[nH]c2c1)N1CCCN(C2CCOC2)CC1. The van der Waals surface area contributed by atoms with Crippen molar-refractivity contribution in [2.45, 2.75) is 18.9 Å². The van der Waals surface area contributed by atoms with Crippen molar-refractivity contribution in [3.8, 4) is 0 Å². The number of fused-ring (bicyclic) bond motifs is 1. The molecule has 0 saturated carbocycles. The molecule has 2 aliphatic rings. The van der Waals surface area contributed by atoms with Crippen molar-refractivity contribution in [1.29, 1.82) is 0 Å². The Kier molecular flexibility index (Phi) is 4.01. The second-order valence-corrected chi connectivity index (χ2v) is 6.33. The van der Waals surface area contributed by atoms with E-state index in [1.54, 1.807) is 6.33 Å². The Morgan fingerprint density at radius 2 is 2.22 bits per heavy atom. The average molecular weight is 314 g/mol. The zero-order chi connectivity index (χ0) is 15.6. The third-order valence-electron chi connectivity index (χ3n) is 4.91. The van der Waals surface area contributed by atoms with Gasteiger partial charge < -0.3 is 14.6 Å². The van der Waals surface area contributed by atoms with Gasteiger partial charge in [0.05, 0.1) is 24.0 Å². The quantitative estimate of drug-likeness (QED) is 0.912. The summed E-state index contributed by atoms with van der Waals surface area (Å²) in [5.41, 5.74) is 2.54. The van der Waals surface area contributed by atoms with Gasteiger partial charge in [0, 0.05) is 44.4 Å². The Labute approximate surface area is 135 Å². The molecule has 1 atom stereocenters. The molecule has 1 amide bonds. The van der Waals surface area contributed by atoms with Crippen LogP contribution in [-0.2, 0) is 4.74 Å². The first-order valence-electron chi connectivity index (χ1n) is 8.35. The molecule has 2 fully saturated rings. The van der Waals surface area contributed by atoms with Gasteiger partial charge in [0.25, 0.3) is 5.91 Å². The van der Waals surface area contributed by atoms with Crippen LogP contribution in [0.25, 0.3) is 11.0 Å². The van der Waals surface area contributed by atoms with Gasteiger partial charge in [0.1, 0.15) is 0 Å². The second-order valence-electron chi connectivity index (χ2n) is 6.33. The number of carbonyl (C=O) groups is 1. The highest BCUT2D eigenvalue weighted by atomic mass is 16.5. The zero-order valence-corrected chi connectivity index (χ0v) is 13.2. The van der Waals surface area contributed by atoms with Gasteiger partial charge in [0.2, 0.25) is 0 Å². The van der Waals surface area contributed by atoms with Crippen LogP contribution in [0.15, 0.2) is 24.5 Å². The van der Waals surface area contributed by atoms with Crippen LogP contribution >= 0.6 is 0 Å². The smallest absolute Gasteiger partial charge is 0.253 e. The van der Waals surface area contributed by atoms with E-state index in [0.717, 1.165) is 68.8 Å². The summed E-state index contributed by atoms with van der Waals surface area (Å²) in [4.78, 5) is 24.5. The molecule has 0 radical (unpaired) electrons. The number of nitrogens with zero attached hydrogens (tertiary/aromatic N) is 3. The largest absolute Gasteiger partial charge is 0.380 e. The number of benzene rings is 1. The van der Waals surface area contributed by atoms with Gasteiger partial charge in [-0.1, -0.05) is 0 Å². The number of aromatic nitrogens is 2. The third kappa shape index (κ3) is 2.96. The van der Waals surface area contributed by atoms with Crippen molar-refractivity contribution in [3.05, 3.63) is 30.1 Å². The molecule has 0 aliphatic carbocycles. The highest BCUT2D eigenvalue weighted by Gasteiger charge is 2.27. The van der Waals surface area contributed by atoms with Crippen molar-refractivity contribution in [1.82, 2.24) is 19.8 Å². The lowest BCUT2D eigenvalue weighted by Gasteiger charge is -2.26. The number of carbonyl (C=O) groups excluding carboxylic acids is 1. The van der Waals surface area contributed by atoms with Crippen molar-refractivity contribution in [2.24, 2.45) is 0 Å². The van der Waals surface area contributed by atoms with Gasteiger partial charge in [-0.05, 0) is 31.0 Å². The molecule has 0 bridgehead atoms. The van der Waals surface area contributed by atoms with Gasteiger partial charge in [-0.25, -0.2) is 4.98 Å². The molecule has 0 spiro atoms. The molecule has 3 heterocycles. The van der Waals surface area contributed by atoms with Gasteiger partial charge in [-0.2, -0.15) is 0 Å². The van der Waals surface area contributed by atoms with Crippen LogP contribution in [0.4, 0.5) is 0 Å². The monoisotopic (exact) mass is 314 g/mol. The second kappa shape index (κ2) is 6.29. The van der Waals surface area contributed by atoms with Crippen molar-refractivity contribution in [2.75, 3.05) is 39.4 Å². The van der Waals surface area contributed by atoms with Crippen LogP contribution in [0.1, 0.15) is 23.2 Å². The number of hydrogen-bond donors (Lipinski definition) is 1. The summed E-state index contributed by atoms with van der Waals surface area (Å²) in [7, 11) is 0. The Balaban J connectivity index is 1.45. The number of rotatable bonds is 2. The minimum absolute atomic E-state index is 0.117. The van der Waals surface area contributed by atoms with Crippen molar-refractivity contribution >= 4 is 16.9 Å². The Morgan fingerprint density at radius 1 is 1.26 bits per heavy atom. The average Bonchev–Trinajstić information content (AvgIpc) is 3.21. The van der Waals surface area contributed by atoms with E-state index in [1.807, 2.05) is 23.1 Å². The normalized spacial score (nSPS) is 23.3. The summed E-state index contributed by atoms with van der Waals surface area (Å²) < 4.78 is 5.50. The first kappa shape index (κ1) is 14.7. The third-order valence-corrected chi connectivity index (χ3v) is 4.91. The maximum absolute atomic E-state index is 12.8. The lowest BCUT2D eigenvalue weighted by molar-refractivity contribution is 0.0757. The molecule has 23 heavy (non-hydrogen) atoms. The summed E-state index contributed by atoms with van der Waals surface area (Å²) in [5.74, 6) is 0.117. The Morgan fingerprint density at radius 3 is 3.09 bits per heavy atom. The standard InChI is InChI=1S/C17H22N4O2/c22-17(13-2-3-15-16(10-13)19-12-18-15)21-6-1-5-20(7-8-21)14-4-9-23-11-14/h2-3,10,12,14H,1,4-9,11H2,(H,18,19). The highest BCUT2D eigenvalue weighted by molar-refractivity contribution is 5.97. The molecule has 1 aromatic carbocycles. The van der Waals surface area contributed by atoms with Crippen LogP contribution < -0.4 is 0 Å².